The van der Waals surface area contributed by atoms with Crippen LogP contribution >= 0.6 is 24.0 Å². The van der Waals surface area contributed by atoms with Gasteiger partial charge in [-0.1, -0.05) is 73.2 Å². The second-order valence-electron chi connectivity index (χ2n) is 8.41. The van der Waals surface area contributed by atoms with Crippen LogP contribution in [0.4, 0.5) is 5.82 Å². The van der Waals surface area contributed by atoms with Gasteiger partial charge in [0.05, 0.1) is 16.6 Å². The van der Waals surface area contributed by atoms with Crippen molar-refractivity contribution in [1.82, 2.24) is 14.3 Å². The van der Waals surface area contributed by atoms with E-state index in [-0.39, 0.29) is 29.6 Å². The molecule has 2 fully saturated rings. The predicted molar refractivity (Wildman–Crippen MR) is 139 cm³/mol. The number of thioether (sulfide) groups is 1. The molecule has 1 aliphatic heterocycles. The number of fused-ring (bicyclic) bond motifs is 1. The summed E-state index contributed by atoms with van der Waals surface area (Å²) in [6.45, 7) is 0.156. The molecule has 0 spiro atoms. The van der Waals surface area contributed by atoms with Gasteiger partial charge in [-0.05, 0) is 36.6 Å². The molecule has 7 nitrogen and oxygen atoms in total. The number of benzene rings is 1. The van der Waals surface area contributed by atoms with Crippen LogP contribution in [-0.2, 0) is 4.79 Å². The topological polar surface area (TPSA) is 86.9 Å². The van der Waals surface area contributed by atoms with E-state index in [4.69, 9.17) is 12.2 Å². The zero-order valence-corrected chi connectivity index (χ0v) is 20.0. The number of aliphatic hydroxyl groups excluding tert-OH is 1. The van der Waals surface area contributed by atoms with Crippen molar-refractivity contribution in [2.24, 2.45) is 0 Å². The number of pyridine rings is 1. The van der Waals surface area contributed by atoms with Crippen molar-refractivity contribution >= 4 is 51.7 Å². The summed E-state index contributed by atoms with van der Waals surface area (Å²) in [5.41, 5.74) is 1.19. The monoisotopic (exact) mass is 492 g/mol. The molecule has 1 aromatic carbocycles. The molecule has 2 N–H and O–H groups in total. The molecule has 2 aromatic heterocycles. The molecule has 0 radical (unpaired) electrons. The number of nitrogens with one attached hydrogen (secondary N) is 1. The minimum Gasteiger partial charge on any atom is -0.387 e. The molecule has 1 saturated heterocycles. The Kier molecular flexibility index (Phi) is 6.49. The van der Waals surface area contributed by atoms with E-state index in [1.807, 2.05) is 30.3 Å². The number of aromatic nitrogens is 2. The summed E-state index contributed by atoms with van der Waals surface area (Å²) in [7, 11) is 0. The van der Waals surface area contributed by atoms with E-state index in [1.54, 1.807) is 35.4 Å². The molecule has 2 aliphatic rings. The first kappa shape index (κ1) is 22.8. The number of aliphatic hydroxyl groups is 1. The summed E-state index contributed by atoms with van der Waals surface area (Å²) in [5.74, 6) is 0.159. The molecule has 3 heterocycles. The molecule has 0 unspecified atom stereocenters. The fraction of sp³-hybridized carbons (Fsp3) is 0.280. The van der Waals surface area contributed by atoms with Crippen LogP contribution in [0.1, 0.15) is 42.9 Å². The molecule has 0 bridgehead atoms. The number of nitrogens with zero attached hydrogens (tertiary/aromatic N) is 3. The fourth-order valence-corrected chi connectivity index (χ4v) is 5.82. The van der Waals surface area contributed by atoms with Gasteiger partial charge in [0.25, 0.3) is 11.5 Å². The van der Waals surface area contributed by atoms with Gasteiger partial charge >= 0.3 is 0 Å². The minimum atomic E-state index is -0.786. The Labute approximate surface area is 206 Å². The number of thiocarbonyl (C=S) groups is 1. The summed E-state index contributed by atoms with van der Waals surface area (Å²) < 4.78 is 1.98. The van der Waals surface area contributed by atoms with Crippen molar-refractivity contribution in [3.63, 3.8) is 0 Å². The Morgan fingerprint density at radius 1 is 1.15 bits per heavy atom. The van der Waals surface area contributed by atoms with E-state index >= 15 is 0 Å². The SMILES string of the molecule is O=C1/C(=C/c2c(NC[C@H](O)c3ccccc3)nc3ccccn3c2=O)SC(=S)N1C1CCCC1. The largest absolute Gasteiger partial charge is 0.387 e. The number of carbonyl (C=O) groups excluding carboxylic acids is 1. The van der Waals surface area contributed by atoms with E-state index in [0.717, 1.165) is 31.2 Å². The normalized spacial score (nSPS) is 18.9. The Morgan fingerprint density at radius 3 is 2.65 bits per heavy atom. The van der Waals surface area contributed by atoms with Gasteiger partial charge in [-0.15, -0.1) is 0 Å². The molecule has 3 aromatic rings. The van der Waals surface area contributed by atoms with E-state index < -0.39 is 6.10 Å². The summed E-state index contributed by atoms with van der Waals surface area (Å²) in [5, 5.41) is 13.7. The third-order valence-electron chi connectivity index (χ3n) is 6.21. The lowest BCUT2D eigenvalue weighted by Gasteiger charge is -2.21. The molecule has 1 atom stereocenters. The number of rotatable bonds is 6. The van der Waals surface area contributed by atoms with E-state index in [9.17, 15) is 14.7 Å². The van der Waals surface area contributed by atoms with Crippen LogP contribution in [0.3, 0.4) is 0 Å². The number of anilines is 1. The number of hydrogen-bond donors (Lipinski definition) is 2. The van der Waals surface area contributed by atoms with Gasteiger partial charge in [-0.3, -0.25) is 18.9 Å². The highest BCUT2D eigenvalue weighted by molar-refractivity contribution is 8.26. The Balaban J connectivity index is 1.50. The zero-order valence-electron chi connectivity index (χ0n) is 18.4. The average Bonchev–Trinajstić information content (AvgIpc) is 3.47. The van der Waals surface area contributed by atoms with Crippen LogP contribution in [-0.4, -0.2) is 42.2 Å². The summed E-state index contributed by atoms with van der Waals surface area (Å²) in [6.07, 6.45) is 6.52. The Hall–Kier alpha value is -3.01. The predicted octanol–water partition coefficient (Wildman–Crippen LogP) is 3.98. The molecule has 9 heteroatoms. The maximum atomic E-state index is 13.4. The van der Waals surface area contributed by atoms with Crippen LogP contribution in [0.15, 0.2) is 64.4 Å². The number of carbonyl (C=O) groups is 1. The highest BCUT2D eigenvalue weighted by atomic mass is 32.2. The molecule has 34 heavy (non-hydrogen) atoms. The average molecular weight is 493 g/mol. The van der Waals surface area contributed by atoms with Gasteiger partial charge in [-0.25, -0.2) is 4.98 Å². The summed E-state index contributed by atoms with van der Waals surface area (Å²) in [4.78, 5) is 33.3. The van der Waals surface area contributed by atoms with Crippen LogP contribution in [0.25, 0.3) is 11.7 Å². The minimum absolute atomic E-state index is 0.132. The van der Waals surface area contributed by atoms with Gasteiger partial charge in [0.15, 0.2) is 0 Å². The summed E-state index contributed by atoms with van der Waals surface area (Å²) in [6, 6.07) is 14.7. The second-order valence-corrected chi connectivity index (χ2v) is 10.1. The first-order valence-electron chi connectivity index (χ1n) is 11.3. The molecule has 5 rings (SSSR count). The van der Waals surface area contributed by atoms with E-state index in [1.165, 1.54) is 16.2 Å². The zero-order chi connectivity index (χ0) is 23.7. The standard InChI is InChI=1S/C25H24N4O3S2/c30-19(16-8-2-1-3-9-16)15-26-22-18(23(31)28-13-7-6-12-21(28)27-22)14-20-24(32)29(25(33)34-20)17-10-4-5-11-17/h1-3,6-9,12-14,17,19,26,30H,4-5,10-11,15H2/b20-14-/t19-/m0/s1. The van der Waals surface area contributed by atoms with Gasteiger partial charge in [0, 0.05) is 18.8 Å². The van der Waals surface area contributed by atoms with Crippen LogP contribution in [0.2, 0.25) is 0 Å². The molecule has 1 aliphatic carbocycles. The fourth-order valence-electron chi connectivity index (χ4n) is 4.44. The van der Waals surface area contributed by atoms with E-state index in [2.05, 4.69) is 10.3 Å². The lowest BCUT2D eigenvalue weighted by atomic mass is 10.1. The van der Waals surface area contributed by atoms with Crippen LogP contribution in [0, 0.1) is 0 Å². The first-order valence-corrected chi connectivity index (χ1v) is 12.5. The number of hydrogen-bond acceptors (Lipinski definition) is 7. The lowest BCUT2D eigenvalue weighted by Crippen LogP contribution is -2.36. The first-order chi connectivity index (χ1) is 16.5. The van der Waals surface area contributed by atoms with Gasteiger partial charge in [0.1, 0.15) is 15.8 Å². The maximum absolute atomic E-state index is 13.4. The van der Waals surface area contributed by atoms with Crippen molar-refractivity contribution in [2.45, 2.75) is 37.8 Å². The van der Waals surface area contributed by atoms with Crippen molar-refractivity contribution in [3.05, 3.63) is 81.1 Å². The summed E-state index contributed by atoms with van der Waals surface area (Å²) >= 11 is 6.73. The van der Waals surface area contributed by atoms with Crippen LogP contribution in [0.5, 0.6) is 0 Å². The molecule has 1 amide bonds. The van der Waals surface area contributed by atoms with Crippen LogP contribution < -0.4 is 10.9 Å². The Bertz CT molecular complexity index is 1330. The third-order valence-corrected chi connectivity index (χ3v) is 7.54. The molecule has 1 saturated carbocycles. The van der Waals surface area contributed by atoms with Crippen molar-refractivity contribution in [2.75, 3.05) is 11.9 Å². The van der Waals surface area contributed by atoms with Gasteiger partial charge in [0.2, 0.25) is 0 Å². The van der Waals surface area contributed by atoms with Gasteiger partial charge in [-0.2, -0.15) is 0 Å². The van der Waals surface area contributed by atoms with Gasteiger partial charge < -0.3 is 10.4 Å². The molecular weight excluding hydrogens is 468 g/mol. The van der Waals surface area contributed by atoms with Crippen molar-refractivity contribution < 1.29 is 9.90 Å². The Morgan fingerprint density at radius 2 is 1.88 bits per heavy atom. The number of amides is 1. The molecule has 174 valence electrons. The smallest absolute Gasteiger partial charge is 0.267 e. The maximum Gasteiger partial charge on any atom is 0.267 e. The van der Waals surface area contributed by atoms with E-state index in [0.29, 0.717) is 20.7 Å². The highest BCUT2D eigenvalue weighted by Crippen LogP contribution is 2.38. The van der Waals surface area contributed by atoms with Crippen molar-refractivity contribution in [3.8, 4) is 0 Å². The molecular formula is C25H24N4O3S2. The van der Waals surface area contributed by atoms with Crippen molar-refractivity contribution in [1.29, 1.82) is 0 Å². The third kappa shape index (κ3) is 4.38. The highest BCUT2D eigenvalue weighted by Gasteiger charge is 2.38. The quantitative estimate of drug-likeness (QED) is 0.398. The second kappa shape index (κ2) is 9.69. The lowest BCUT2D eigenvalue weighted by molar-refractivity contribution is -0.123.